The van der Waals surface area contributed by atoms with Crippen LogP contribution in [0.2, 0.25) is 5.02 Å². The molecule has 3 rings (SSSR count). The van der Waals surface area contributed by atoms with Crippen LogP contribution in [0.4, 0.5) is 4.79 Å². The van der Waals surface area contributed by atoms with Crippen molar-refractivity contribution in [3.05, 3.63) is 52.3 Å². The minimum absolute atomic E-state index is 0.0132. The van der Waals surface area contributed by atoms with E-state index in [-0.39, 0.29) is 21.9 Å². The molecule has 1 N–H and O–H groups in total. The van der Waals surface area contributed by atoms with Gasteiger partial charge >= 0.3 is 6.03 Å². The largest absolute Gasteiger partial charge is 0.545 e. The lowest BCUT2D eigenvalue weighted by atomic mass is 10.1. The first kappa shape index (κ1) is 17.4. The number of halogens is 1. The maximum atomic E-state index is 12.0. The average molecular weight is 374 g/mol. The second kappa shape index (κ2) is 6.49. The lowest BCUT2D eigenvalue weighted by Gasteiger charge is -2.21. The van der Waals surface area contributed by atoms with Crippen molar-refractivity contribution in [3.63, 3.8) is 0 Å². The SMILES string of the molecule is CN1C(=O)NC(=O)/C(=C\c2ccc(-c3ccc(C(=O)[O-])c(Cl)c3)o2)C1=O. The van der Waals surface area contributed by atoms with E-state index in [2.05, 4.69) is 0 Å². The van der Waals surface area contributed by atoms with Crippen LogP contribution in [0.15, 0.2) is 40.3 Å². The summed E-state index contributed by atoms with van der Waals surface area (Å²) in [5, 5.41) is 12.9. The van der Waals surface area contributed by atoms with Crippen LogP contribution in [0.25, 0.3) is 17.4 Å². The predicted octanol–water partition coefficient (Wildman–Crippen LogP) is 1.06. The molecule has 132 valence electrons. The van der Waals surface area contributed by atoms with E-state index < -0.39 is 23.8 Å². The van der Waals surface area contributed by atoms with Crippen LogP contribution in [-0.2, 0) is 9.59 Å². The molecule has 2 heterocycles. The minimum atomic E-state index is -1.40. The molecular weight excluding hydrogens is 364 g/mol. The summed E-state index contributed by atoms with van der Waals surface area (Å²) in [4.78, 5) is 46.9. The Bertz CT molecular complexity index is 991. The lowest BCUT2D eigenvalue weighted by molar-refractivity contribution is -0.255. The van der Waals surface area contributed by atoms with Gasteiger partial charge in [-0.05, 0) is 24.3 Å². The molecule has 1 saturated heterocycles. The highest BCUT2D eigenvalue weighted by Crippen LogP contribution is 2.28. The molecule has 0 aliphatic carbocycles. The third-order valence-corrected chi connectivity index (χ3v) is 4.00. The van der Waals surface area contributed by atoms with Gasteiger partial charge in [-0.15, -0.1) is 0 Å². The number of carbonyl (C=O) groups is 4. The number of amides is 4. The minimum Gasteiger partial charge on any atom is -0.545 e. The molecule has 9 heteroatoms. The second-order valence-corrected chi connectivity index (χ2v) is 5.77. The van der Waals surface area contributed by atoms with Gasteiger partial charge in [0.05, 0.1) is 11.0 Å². The number of barbiturate groups is 1. The van der Waals surface area contributed by atoms with Gasteiger partial charge in [-0.1, -0.05) is 23.7 Å². The second-order valence-electron chi connectivity index (χ2n) is 5.37. The highest BCUT2D eigenvalue weighted by molar-refractivity contribution is 6.33. The van der Waals surface area contributed by atoms with Crippen molar-refractivity contribution in [2.45, 2.75) is 0 Å². The fourth-order valence-corrected chi connectivity index (χ4v) is 2.57. The highest BCUT2D eigenvalue weighted by Gasteiger charge is 2.33. The molecule has 26 heavy (non-hydrogen) atoms. The molecule has 8 nitrogen and oxygen atoms in total. The topological polar surface area (TPSA) is 120 Å². The van der Waals surface area contributed by atoms with Crippen LogP contribution in [0.5, 0.6) is 0 Å². The van der Waals surface area contributed by atoms with Crippen LogP contribution in [0.3, 0.4) is 0 Å². The number of nitrogens with zero attached hydrogens (tertiary/aromatic N) is 1. The van der Waals surface area contributed by atoms with E-state index in [4.69, 9.17) is 16.0 Å². The Labute approximate surface area is 151 Å². The maximum Gasteiger partial charge on any atom is 0.331 e. The number of aromatic carboxylic acids is 1. The summed E-state index contributed by atoms with van der Waals surface area (Å²) in [7, 11) is 1.24. The van der Waals surface area contributed by atoms with Crippen LogP contribution < -0.4 is 10.4 Å². The lowest BCUT2D eigenvalue weighted by Crippen LogP contribution is -2.52. The third-order valence-electron chi connectivity index (χ3n) is 3.69. The van der Waals surface area contributed by atoms with Gasteiger partial charge in [-0.2, -0.15) is 0 Å². The molecule has 0 bridgehead atoms. The number of imide groups is 2. The molecule has 0 atom stereocenters. The first-order valence-electron chi connectivity index (χ1n) is 7.24. The fraction of sp³-hybridized carbons (Fsp3) is 0.0588. The first-order chi connectivity index (χ1) is 12.3. The van der Waals surface area contributed by atoms with Gasteiger partial charge in [0.25, 0.3) is 11.8 Å². The number of hydrogen-bond acceptors (Lipinski definition) is 6. The Morgan fingerprint density at radius 1 is 1.23 bits per heavy atom. The number of carbonyl (C=O) groups excluding carboxylic acids is 4. The van der Waals surface area contributed by atoms with Crippen LogP contribution >= 0.6 is 11.6 Å². The molecule has 1 fully saturated rings. The van der Waals surface area contributed by atoms with E-state index in [1.807, 2.05) is 5.32 Å². The molecule has 0 saturated carbocycles. The first-order valence-corrected chi connectivity index (χ1v) is 7.62. The van der Waals surface area contributed by atoms with Gasteiger partial charge in [0.1, 0.15) is 17.1 Å². The normalized spacial score (nSPS) is 16.2. The van der Waals surface area contributed by atoms with E-state index in [1.165, 1.54) is 37.4 Å². The summed E-state index contributed by atoms with van der Waals surface area (Å²) in [6.07, 6.45) is 1.21. The van der Waals surface area contributed by atoms with E-state index in [1.54, 1.807) is 6.07 Å². The van der Waals surface area contributed by atoms with Gasteiger partial charge in [0, 0.05) is 18.2 Å². The molecule has 1 aliphatic heterocycles. The molecule has 1 aromatic carbocycles. The van der Waals surface area contributed by atoms with Gasteiger partial charge < -0.3 is 14.3 Å². The number of hydrogen-bond donors (Lipinski definition) is 1. The maximum absolute atomic E-state index is 12.0. The van der Waals surface area contributed by atoms with Crippen molar-refractivity contribution < 1.29 is 28.7 Å². The predicted molar refractivity (Wildman–Crippen MR) is 87.8 cm³/mol. The van der Waals surface area contributed by atoms with Crippen molar-refractivity contribution in [2.24, 2.45) is 0 Å². The molecular formula is C17H10ClN2O6-. The quantitative estimate of drug-likeness (QED) is 0.634. The molecule has 0 spiro atoms. The van der Waals surface area contributed by atoms with Gasteiger partial charge in [0.15, 0.2) is 0 Å². The summed E-state index contributed by atoms with van der Waals surface area (Å²) >= 11 is 5.90. The van der Waals surface area contributed by atoms with Gasteiger partial charge in [-0.25, -0.2) is 4.79 Å². The summed E-state index contributed by atoms with van der Waals surface area (Å²) in [5.41, 5.74) is 0.0937. The number of rotatable bonds is 3. The van der Waals surface area contributed by atoms with E-state index >= 15 is 0 Å². The zero-order chi connectivity index (χ0) is 19.0. The monoisotopic (exact) mass is 373 g/mol. The van der Waals surface area contributed by atoms with Crippen molar-refractivity contribution >= 4 is 41.5 Å². The van der Waals surface area contributed by atoms with Crippen molar-refractivity contribution in [1.29, 1.82) is 0 Å². The molecule has 1 aliphatic rings. The van der Waals surface area contributed by atoms with E-state index in [9.17, 15) is 24.3 Å². The van der Waals surface area contributed by atoms with Crippen molar-refractivity contribution in [1.82, 2.24) is 10.2 Å². The molecule has 0 unspecified atom stereocenters. The van der Waals surface area contributed by atoms with Gasteiger partial charge in [0.2, 0.25) is 0 Å². The number of furan rings is 1. The number of nitrogens with one attached hydrogen (secondary N) is 1. The molecule has 1 aromatic heterocycles. The average Bonchev–Trinajstić information content (AvgIpc) is 3.05. The van der Waals surface area contributed by atoms with E-state index in [0.29, 0.717) is 11.3 Å². The zero-order valence-corrected chi connectivity index (χ0v) is 14.0. The summed E-state index contributed by atoms with van der Waals surface area (Å²) in [6.45, 7) is 0. The smallest absolute Gasteiger partial charge is 0.331 e. The Balaban J connectivity index is 1.92. The summed E-state index contributed by atoms with van der Waals surface area (Å²) in [6, 6.07) is 6.44. The Morgan fingerprint density at radius 3 is 2.62 bits per heavy atom. The van der Waals surface area contributed by atoms with Crippen molar-refractivity contribution in [2.75, 3.05) is 7.05 Å². The van der Waals surface area contributed by atoms with E-state index in [0.717, 1.165) is 4.90 Å². The summed E-state index contributed by atoms with van der Waals surface area (Å²) < 4.78 is 5.55. The molecule has 2 aromatic rings. The Kier molecular flexibility index (Phi) is 4.35. The molecule has 4 amide bonds. The Morgan fingerprint density at radius 2 is 1.96 bits per heavy atom. The molecule has 0 radical (unpaired) electrons. The van der Waals surface area contributed by atoms with Crippen LogP contribution in [0, 0.1) is 0 Å². The summed E-state index contributed by atoms with van der Waals surface area (Å²) in [5.74, 6) is -2.43. The number of urea groups is 1. The number of carboxylic acids is 1. The third kappa shape index (κ3) is 3.09. The standard InChI is InChI=1S/C17H11ClN2O6/c1-20-15(22)11(14(21)19-17(20)25)7-9-3-5-13(26-9)8-2-4-10(16(23)24)12(18)6-8/h2-7H,1H3,(H,23,24)(H,19,21,25)/p-1/b11-7+. The van der Waals surface area contributed by atoms with Crippen molar-refractivity contribution in [3.8, 4) is 11.3 Å². The Hall–Kier alpha value is -3.39. The highest BCUT2D eigenvalue weighted by atomic mass is 35.5. The number of likely N-dealkylation sites (N-methyl/N-ethyl adjacent to an activating group) is 1. The fourth-order valence-electron chi connectivity index (χ4n) is 2.31. The number of benzene rings is 1. The number of carboxylic acid groups (broad SMARTS) is 1. The van der Waals surface area contributed by atoms with Crippen LogP contribution in [0.1, 0.15) is 16.1 Å². The zero-order valence-electron chi connectivity index (χ0n) is 13.2. The van der Waals surface area contributed by atoms with Gasteiger partial charge in [-0.3, -0.25) is 19.8 Å². The van der Waals surface area contributed by atoms with Crippen LogP contribution in [-0.4, -0.2) is 35.8 Å².